The first-order valence-electron chi connectivity index (χ1n) is 13.2. The summed E-state index contributed by atoms with van der Waals surface area (Å²) < 4.78 is 14.3. The molecule has 3 atom stereocenters. The van der Waals surface area contributed by atoms with Crippen LogP contribution >= 0.6 is 11.6 Å². The highest BCUT2D eigenvalue weighted by Gasteiger charge is 2.42. The first kappa shape index (κ1) is 26.4. The van der Waals surface area contributed by atoms with Gasteiger partial charge in [0.1, 0.15) is 5.82 Å². The largest absolute Gasteiger partial charge is 0.345 e. The van der Waals surface area contributed by atoms with Gasteiger partial charge < -0.3 is 15.1 Å². The van der Waals surface area contributed by atoms with Gasteiger partial charge in [0.05, 0.1) is 16.6 Å². The maximum absolute atomic E-state index is 14.3. The number of rotatable bonds is 7. The van der Waals surface area contributed by atoms with E-state index in [1.165, 1.54) is 12.1 Å². The summed E-state index contributed by atoms with van der Waals surface area (Å²) in [4.78, 5) is 30.4. The fourth-order valence-corrected chi connectivity index (χ4v) is 6.10. The third-order valence-electron chi connectivity index (χ3n) is 8.12. The summed E-state index contributed by atoms with van der Waals surface area (Å²) >= 11 is 6.13. The van der Waals surface area contributed by atoms with Crippen LogP contribution in [0.3, 0.4) is 0 Å². The van der Waals surface area contributed by atoms with Crippen molar-refractivity contribution in [1.29, 1.82) is 0 Å². The number of amides is 2. The van der Waals surface area contributed by atoms with Crippen molar-refractivity contribution < 1.29 is 14.0 Å². The average Bonchev–Trinajstić information content (AvgIpc) is 3.47. The highest BCUT2D eigenvalue weighted by Crippen LogP contribution is 2.34. The van der Waals surface area contributed by atoms with E-state index >= 15 is 0 Å². The highest BCUT2D eigenvalue weighted by molar-refractivity contribution is 6.33. The van der Waals surface area contributed by atoms with E-state index in [9.17, 15) is 14.0 Å². The van der Waals surface area contributed by atoms with Crippen LogP contribution in [0.15, 0.2) is 66.7 Å². The van der Waals surface area contributed by atoms with Gasteiger partial charge in [-0.2, -0.15) is 0 Å². The van der Waals surface area contributed by atoms with Crippen LogP contribution in [0.5, 0.6) is 0 Å². The Balaban J connectivity index is 1.21. The number of fused-ring (bicyclic) bond motifs is 1. The smallest absolute Gasteiger partial charge is 0.258 e. The van der Waals surface area contributed by atoms with Gasteiger partial charge in [-0.1, -0.05) is 60.1 Å². The van der Waals surface area contributed by atoms with E-state index in [0.717, 1.165) is 42.7 Å². The molecule has 2 amide bonds. The van der Waals surface area contributed by atoms with Gasteiger partial charge in [0, 0.05) is 38.3 Å². The predicted molar refractivity (Wildman–Crippen MR) is 148 cm³/mol. The highest BCUT2D eigenvalue weighted by atomic mass is 35.5. The third-order valence-corrected chi connectivity index (χ3v) is 8.43. The fourth-order valence-electron chi connectivity index (χ4n) is 5.85. The number of halogens is 2. The Bertz CT molecular complexity index is 1300. The van der Waals surface area contributed by atoms with Crippen molar-refractivity contribution in [2.45, 2.75) is 26.3 Å². The average molecular weight is 534 g/mol. The minimum absolute atomic E-state index is 0.0312. The maximum atomic E-state index is 14.3. The number of carbonyl (C=O) groups excluding carboxylic acids is 2. The predicted octanol–water partition coefficient (Wildman–Crippen LogP) is 5.66. The molecule has 0 aliphatic carbocycles. The molecule has 2 heterocycles. The topological polar surface area (TPSA) is 52.7 Å². The van der Waals surface area contributed by atoms with Gasteiger partial charge in [-0.05, 0) is 67.0 Å². The van der Waals surface area contributed by atoms with E-state index in [-0.39, 0.29) is 28.4 Å². The van der Waals surface area contributed by atoms with Gasteiger partial charge in [0.2, 0.25) is 0 Å². The molecule has 5 rings (SSSR count). The summed E-state index contributed by atoms with van der Waals surface area (Å²) in [5, 5.41) is 3.43. The zero-order chi connectivity index (χ0) is 26.8. The Morgan fingerprint density at radius 1 is 0.947 bits per heavy atom. The molecule has 2 fully saturated rings. The van der Waals surface area contributed by atoms with Crippen LogP contribution in [0, 0.1) is 31.5 Å². The molecule has 2 unspecified atom stereocenters. The van der Waals surface area contributed by atoms with Crippen molar-refractivity contribution in [2.75, 3.05) is 32.7 Å². The number of benzene rings is 3. The molecule has 0 bridgehead atoms. The second-order valence-corrected chi connectivity index (χ2v) is 11.0. The van der Waals surface area contributed by atoms with Crippen LogP contribution in [0.2, 0.25) is 5.02 Å². The molecule has 0 saturated carbocycles. The molecule has 0 spiro atoms. The summed E-state index contributed by atoms with van der Waals surface area (Å²) in [6, 6.07) is 20.2. The van der Waals surface area contributed by atoms with Gasteiger partial charge in [-0.3, -0.25) is 9.59 Å². The monoisotopic (exact) mass is 533 g/mol. The minimum atomic E-state index is -0.573. The zero-order valence-electron chi connectivity index (χ0n) is 21.8. The number of carbonyl (C=O) groups is 2. The molecule has 2 aliphatic heterocycles. The van der Waals surface area contributed by atoms with Crippen LogP contribution in [0.25, 0.3) is 0 Å². The maximum Gasteiger partial charge on any atom is 0.258 e. The molecule has 7 heteroatoms. The number of hydrogen-bond donors (Lipinski definition) is 1. The number of nitrogens with zero attached hydrogens (tertiary/aromatic N) is 2. The van der Waals surface area contributed by atoms with Crippen molar-refractivity contribution in [3.8, 4) is 0 Å². The molecule has 38 heavy (non-hydrogen) atoms. The molecular formula is C31H33ClFN3O2. The van der Waals surface area contributed by atoms with E-state index < -0.39 is 5.82 Å². The normalized spacial score (nSPS) is 19.8. The lowest BCUT2D eigenvalue weighted by molar-refractivity contribution is 0.0769. The van der Waals surface area contributed by atoms with Crippen molar-refractivity contribution in [3.63, 3.8) is 0 Å². The summed E-state index contributed by atoms with van der Waals surface area (Å²) in [6.45, 7) is 7.82. The molecule has 2 saturated heterocycles. The number of nitrogens with one attached hydrogen (secondary N) is 1. The lowest BCUT2D eigenvalue weighted by Crippen LogP contribution is -2.35. The summed E-state index contributed by atoms with van der Waals surface area (Å²) in [7, 11) is 0. The molecule has 3 aromatic carbocycles. The molecule has 1 N–H and O–H groups in total. The van der Waals surface area contributed by atoms with Gasteiger partial charge in [0.25, 0.3) is 11.8 Å². The van der Waals surface area contributed by atoms with Gasteiger partial charge in [-0.25, -0.2) is 4.39 Å². The van der Waals surface area contributed by atoms with Crippen LogP contribution in [0.1, 0.15) is 49.9 Å². The Morgan fingerprint density at radius 2 is 1.63 bits per heavy atom. The minimum Gasteiger partial charge on any atom is -0.345 e. The Labute approximate surface area is 228 Å². The van der Waals surface area contributed by atoms with Crippen molar-refractivity contribution in [3.05, 3.63) is 105 Å². The quantitative estimate of drug-likeness (QED) is 0.426. The van der Waals surface area contributed by atoms with Gasteiger partial charge >= 0.3 is 0 Å². The summed E-state index contributed by atoms with van der Waals surface area (Å²) in [5.74, 6) is -0.254. The second kappa shape index (κ2) is 11.3. The fraction of sp³-hybridized carbons (Fsp3) is 0.355. The Morgan fingerprint density at radius 3 is 2.32 bits per heavy atom. The molecule has 5 nitrogen and oxygen atoms in total. The number of likely N-dealkylation sites (tertiary alicyclic amines) is 2. The second-order valence-electron chi connectivity index (χ2n) is 10.6. The van der Waals surface area contributed by atoms with E-state index in [2.05, 4.69) is 22.3 Å². The first-order chi connectivity index (χ1) is 18.3. The van der Waals surface area contributed by atoms with Crippen LogP contribution in [0.4, 0.5) is 4.39 Å². The lowest BCUT2D eigenvalue weighted by atomic mass is 10.00. The van der Waals surface area contributed by atoms with E-state index in [4.69, 9.17) is 11.6 Å². The first-order valence-corrected chi connectivity index (χ1v) is 13.6. The molecule has 3 aromatic rings. The van der Waals surface area contributed by atoms with E-state index in [0.29, 0.717) is 30.5 Å². The van der Waals surface area contributed by atoms with Crippen LogP contribution < -0.4 is 5.32 Å². The zero-order valence-corrected chi connectivity index (χ0v) is 22.5. The Hall–Kier alpha value is -3.22. The molecule has 0 aromatic heterocycles. The van der Waals surface area contributed by atoms with E-state index in [1.807, 2.05) is 50.2 Å². The van der Waals surface area contributed by atoms with Crippen LogP contribution in [-0.2, 0) is 0 Å². The van der Waals surface area contributed by atoms with Crippen molar-refractivity contribution in [1.82, 2.24) is 15.1 Å². The SMILES string of the molecule is Cc1cccc(C(=O)NC(CCN2CC3CN(C(=O)c4c(F)cccc4Cl)C[C@@H]3C2)c2ccccc2)c1C. The van der Waals surface area contributed by atoms with E-state index in [1.54, 1.807) is 11.0 Å². The summed E-state index contributed by atoms with van der Waals surface area (Å²) in [6.07, 6.45) is 0.785. The number of aryl methyl sites for hydroxylation is 1. The molecule has 0 radical (unpaired) electrons. The van der Waals surface area contributed by atoms with Crippen molar-refractivity contribution in [2.24, 2.45) is 11.8 Å². The standard InChI is InChI=1S/C31H33ClFN3O2/c1-20-8-6-11-25(21(20)2)30(37)34-28(22-9-4-3-5-10-22)14-15-35-16-23-18-36(19-24(23)17-35)31(38)29-26(32)12-7-13-27(29)33/h3-13,23-24,28H,14-19H2,1-2H3,(H,34,37)/t23-,24?,28?/m0/s1. The molecule has 198 valence electrons. The molecular weight excluding hydrogens is 501 g/mol. The Kier molecular flexibility index (Phi) is 7.82. The lowest BCUT2D eigenvalue weighted by Gasteiger charge is -2.25. The van der Waals surface area contributed by atoms with Gasteiger partial charge in [0.15, 0.2) is 0 Å². The van der Waals surface area contributed by atoms with Crippen molar-refractivity contribution >= 4 is 23.4 Å². The summed E-state index contributed by atoms with van der Waals surface area (Å²) in [5.41, 5.74) is 3.86. The van der Waals surface area contributed by atoms with Crippen LogP contribution in [-0.4, -0.2) is 54.3 Å². The molecule has 2 aliphatic rings. The van der Waals surface area contributed by atoms with Gasteiger partial charge in [-0.15, -0.1) is 0 Å². The third kappa shape index (κ3) is 5.47. The number of hydrogen-bond acceptors (Lipinski definition) is 3.